The van der Waals surface area contributed by atoms with Gasteiger partial charge in [0.25, 0.3) is 0 Å². The summed E-state index contributed by atoms with van der Waals surface area (Å²) >= 11 is 0. The van der Waals surface area contributed by atoms with Crippen LogP contribution in [0, 0.1) is 5.92 Å². The maximum atomic E-state index is 12.2. The Kier molecular flexibility index (Phi) is 7.08. The van der Waals surface area contributed by atoms with Crippen LogP contribution in [-0.4, -0.2) is 49.4 Å². The predicted octanol–water partition coefficient (Wildman–Crippen LogP) is 1.84. The van der Waals surface area contributed by atoms with E-state index in [0.29, 0.717) is 25.3 Å². The molecule has 0 aromatic carbocycles. The van der Waals surface area contributed by atoms with Crippen LogP contribution in [0.4, 0.5) is 0 Å². The van der Waals surface area contributed by atoms with Crippen molar-refractivity contribution < 1.29 is 24.2 Å². The van der Waals surface area contributed by atoms with Gasteiger partial charge in [0.1, 0.15) is 5.76 Å². The van der Waals surface area contributed by atoms with Crippen LogP contribution >= 0.6 is 0 Å². The van der Waals surface area contributed by atoms with Crippen molar-refractivity contribution in [3.8, 4) is 0 Å². The second-order valence-corrected chi connectivity index (χ2v) is 4.78. The van der Waals surface area contributed by atoms with Gasteiger partial charge in [-0.15, -0.1) is 0 Å². The van der Waals surface area contributed by atoms with Gasteiger partial charge in [-0.25, -0.2) is 0 Å². The van der Waals surface area contributed by atoms with E-state index >= 15 is 0 Å². The van der Waals surface area contributed by atoms with E-state index in [-0.39, 0.29) is 36.6 Å². The minimum absolute atomic E-state index is 0.0571. The molecule has 6 heteroatoms. The SMILES string of the molecule is CCOC(=O)C1CC(=O)C(C(CC)=NCCOC)=C(O)C1. The molecule has 0 aliphatic heterocycles. The number of carbonyl (C=O) groups is 2. The highest BCUT2D eigenvalue weighted by molar-refractivity contribution is 6.23. The van der Waals surface area contributed by atoms with Crippen molar-refractivity contribution >= 4 is 17.5 Å². The van der Waals surface area contributed by atoms with E-state index in [2.05, 4.69) is 4.99 Å². The number of hydrogen-bond donors (Lipinski definition) is 1. The van der Waals surface area contributed by atoms with Crippen molar-refractivity contribution in [1.29, 1.82) is 0 Å². The van der Waals surface area contributed by atoms with Crippen LogP contribution in [0.1, 0.15) is 33.1 Å². The molecule has 1 atom stereocenters. The fourth-order valence-electron chi connectivity index (χ4n) is 2.29. The van der Waals surface area contributed by atoms with E-state index in [1.165, 1.54) is 0 Å². The van der Waals surface area contributed by atoms with Gasteiger partial charge in [-0.05, 0) is 13.3 Å². The molecule has 6 nitrogen and oxygen atoms in total. The summed E-state index contributed by atoms with van der Waals surface area (Å²) in [5.41, 5.74) is 0.825. The lowest BCUT2D eigenvalue weighted by atomic mass is 9.84. The Labute approximate surface area is 124 Å². The molecule has 1 unspecified atom stereocenters. The molecule has 0 radical (unpaired) electrons. The van der Waals surface area contributed by atoms with Gasteiger partial charge < -0.3 is 14.6 Å². The Morgan fingerprint density at radius 3 is 2.62 bits per heavy atom. The second kappa shape index (κ2) is 8.56. The number of carbonyl (C=O) groups excluding carboxylic acids is 2. The maximum Gasteiger partial charge on any atom is 0.309 e. The zero-order valence-electron chi connectivity index (χ0n) is 12.8. The van der Waals surface area contributed by atoms with Gasteiger partial charge in [0.15, 0.2) is 5.78 Å². The highest BCUT2D eigenvalue weighted by Crippen LogP contribution is 2.28. The van der Waals surface area contributed by atoms with Crippen LogP contribution in [0.3, 0.4) is 0 Å². The van der Waals surface area contributed by atoms with Gasteiger partial charge in [0.05, 0.1) is 31.2 Å². The molecule has 0 aromatic rings. The monoisotopic (exact) mass is 297 g/mol. The first kappa shape index (κ1) is 17.4. The standard InChI is InChI=1S/C15H23NO5/c1-4-11(16-6-7-20-3)14-12(17)8-10(9-13(14)18)15(19)21-5-2/h10,17H,4-9H2,1-3H3. The molecule has 21 heavy (non-hydrogen) atoms. The van der Waals surface area contributed by atoms with E-state index < -0.39 is 11.9 Å². The van der Waals surface area contributed by atoms with Crippen LogP contribution in [0.25, 0.3) is 0 Å². The number of hydrogen-bond acceptors (Lipinski definition) is 6. The first-order valence-corrected chi connectivity index (χ1v) is 7.19. The number of aliphatic hydroxyl groups excluding tert-OH is 1. The molecule has 0 saturated carbocycles. The Hall–Kier alpha value is -1.69. The first-order chi connectivity index (χ1) is 10.0. The number of allylic oxidation sites excluding steroid dienone is 2. The van der Waals surface area contributed by atoms with E-state index in [0.717, 1.165) is 0 Å². The van der Waals surface area contributed by atoms with Crippen molar-refractivity contribution in [1.82, 2.24) is 0 Å². The van der Waals surface area contributed by atoms with Crippen molar-refractivity contribution in [3.05, 3.63) is 11.3 Å². The molecule has 1 N–H and O–H groups in total. The average Bonchev–Trinajstić information content (AvgIpc) is 2.45. The predicted molar refractivity (Wildman–Crippen MR) is 78.5 cm³/mol. The van der Waals surface area contributed by atoms with Crippen molar-refractivity contribution in [2.75, 3.05) is 26.9 Å². The number of methoxy groups -OCH3 is 1. The van der Waals surface area contributed by atoms with Gasteiger partial charge in [0.2, 0.25) is 0 Å². The summed E-state index contributed by atoms with van der Waals surface area (Å²) in [7, 11) is 1.58. The zero-order chi connectivity index (χ0) is 15.8. The Morgan fingerprint density at radius 2 is 2.10 bits per heavy atom. The summed E-state index contributed by atoms with van der Waals surface area (Å²) in [6.07, 6.45) is 0.726. The Balaban J connectivity index is 2.91. The summed E-state index contributed by atoms with van der Waals surface area (Å²) in [5, 5.41) is 10.1. The fourth-order valence-corrected chi connectivity index (χ4v) is 2.29. The smallest absolute Gasteiger partial charge is 0.309 e. The van der Waals surface area contributed by atoms with Gasteiger partial charge >= 0.3 is 5.97 Å². The largest absolute Gasteiger partial charge is 0.511 e. The molecule has 118 valence electrons. The van der Waals surface area contributed by atoms with Gasteiger partial charge in [-0.3, -0.25) is 14.6 Å². The fraction of sp³-hybridized carbons (Fsp3) is 0.667. The summed E-state index contributed by atoms with van der Waals surface area (Å²) in [5.74, 6) is -1.36. The second-order valence-electron chi connectivity index (χ2n) is 4.78. The third-order valence-corrected chi connectivity index (χ3v) is 3.28. The molecule has 0 aromatic heterocycles. The van der Waals surface area contributed by atoms with E-state index in [1.807, 2.05) is 6.92 Å². The summed E-state index contributed by atoms with van der Waals surface area (Å²) < 4.78 is 9.83. The third kappa shape index (κ3) is 4.67. The molecule has 0 spiro atoms. The van der Waals surface area contributed by atoms with Crippen LogP contribution in [0.5, 0.6) is 0 Å². The zero-order valence-corrected chi connectivity index (χ0v) is 12.8. The van der Waals surface area contributed by atoms with Crippen molar-refractivity contribution in [2.45, 2.75) is 33.1 Å². The Bertz CT molecular complexity index is 453. The number of Topliss-reactive ketones (excluding diaryl/α,β-unsaturated/α-hetero) is 1. The first-order valence-electron chi connectivity index (χ1n) is 7.19. The van der Waals surface area contributed by atoms with Crippen LogP contribution in [0.15, 0.2) is 16.3 Å². The normalized spacial score (nSPS) is 19.9. The van der Waals surface area contributed by atoms with Gasteiger partial charge in [-0.1, -0.05) is 6.92 Å². The molecule has 0 amide bonds. The van der Waals surface area contributed by atoms with Crippen LogP contribution in [-0.2, 0) is 19.1 Å². The van der Waals surface area contributed by atoms with Gasteiger partial charge in [0, 0.05) is 25.7 Å². The number of aliphatic imine (C=N–C) groups is 1. The van der Waals surface area contributed by atoms with E-state index in [1.54, 1.807) is 14.0 Å². The molecule has 0 heterocycles. The molecule has 0 bridgehead atoms. The van der Waals surface area contributed by atoms with Crippen LogP contribution < -0.4 is 0 Å². The van der Waals surface area contributed by atoms with E-state index in [9.17, 15) is 14.7 Å². The Morgan fingerprint density at radius 1 is 1.38 bits per heavy atom. The number of nitrogens with zero attached hydrogens (tertiary/aromatic N) is 1. The van der Waals surface area contributed by atoms with Gasteiger partial charge in [-0.2, -0.15) is 0 Å². The summed E-state index contributed by atoms with van der Waals surface area (Å²) in [6, 6.07) is 0. The quantitative estimate of drug-likeness (QED) is 0.440. The number of rotatable bonds is 7. The molecule has 1 rings (SSSR count). The molecule has 1 aliphatic carbocycles. The summed E-state index contributed by atoms with van der Waals surface area (Å²) in [6.45, 7) is 4.74. The highest BCUT2D eigenvalue weighted by atomic mass is 16.5. The van der Waals surface area contributed by atoms with Crippen molar-refractivity contribution in [3.63, 3.8) is 0 Å². The maximum absolute atomic E-state index is 12.2. The minimum atomic E-state index is -0.599. The lowest BCUT2D eigenvalue weighted by Gasteiger charge is -2.22. The molecular weight excluding hydrogens is 274 g/mol. The molecule has 1 aliphatic rings. The molecular formula is C15H23NO5. The summed E-state index contributed by atoms with van der Waals surface area (Å²) in [4.78, 5) is 28.2. The molecule has 0 saturated heterocycles. The molecule has 0 fully saturated rings. The van der Waals surface area contributed by atoms with Crippen LogP contribution in [0.2, 0.25) is 0 Å². The lowest BCUT2D eigenvalue weighted by Crippen LogP contribution is -2.30. The lowest BCUT2D eigenvalue weighted by molar-refractivity contribution is -0.149. The number of ether oxygens (including phenoxy) is 2. The number of aliphatic hydroxyl groups is 1. The number of esters is 1. The average molecular weight is 297 g/mol. The topological polar surface area (TPSA) is 85.2 Å². The minimum Gasteiger partial charge on any atom is -0.511 e. The highest BCUT2D eigenvalue weighted by Gasteiger charge is 2.34. The number of ketones is 1. The van der Waals surface area contributed by atoms with Crippen molar-refractivity contribution in [2.24, 2.45) is 10.9 Å². The van der Waals surface area contributed by atoms with E-state index in [4.69, 9.17) is 9.47 Å². The third-order valence-electron chi connectivity index (χ3n) is 3.28.